The fourth-order valence-electron chi connectivity index (χ4n) is 4.05. The number of hydrogen-bond acceptors (Lipinski definition) is 8. The number of carbonyl (C=O) groups is 1. The molecule has 0 N–H and O–H groups in total. The topological polar surface area (TPSA) is 81.5 Å². The normalized spacial score (nSPS) is 15.5. The molecular formula is C24H22N2O6S. The molecule has 9 heteroatoms. The van der Waals surface area contributed by atoms with E-state index in [2.05, 4.69) is 11.8 Å². The van der Waals surface area contributed by atoms with Crippen molar-refractivity contribution >= 4 is 39.1 Å². The highest BCUT2D eigenvalue weighted by Crippen LogP contribution is 2.45. The number of thiophene rings is 1. The van der Waals surface area contributed by atoms with Gasteiger partial charge in [0.15, 0.2) is 23.0 Å². The Kier molecular flexibility index (Phi) is 5.70. The van der Waals surface area contributed by atoms with Crippen LogP contribution in [-0.4, -0.2) is 52.5 Å². The molecule has 1 fully saturated rings. The van der Waals surface area contributed by atoms with Crippen LogP contribution in [0.4, 0.5) is 11.6 Å². The van der Waals surface area contributed by atoms with Crippen LogP contribution >= 0.6 is 11.3 Å². The van der Waals surface area contributed by atoms with E-state index in [9.17, 15) is 9.59 Å². The summed E-state index contributed by atoms with van der Waals surface area (Å²) in [4.78, 5) is 29.1. The number of carbonyl (C=O) groups excluding carboxylic acids is 1. The maximum Gasteiger partial charge on any atom is 0.303 e. The molecule has 0 spiro atoms. The first-order valence-corrected chi connectivity index (χ1v) is 11.5. The van der Waals surface area contributed by atoms with E-state index in [1.54, 1.807) is 25.0 Å². The van der Waals surface area contributed by atoms with Gasteiger partial charge in [-0.25, -0.2) is 0 Å². The minimum absolute atomic E-state index is 0.0859. The number of hydrogen-bond donors (Lipinski definition) is 0. The maximum atomic E-state index is 12.8. The van der Waals surface area contributed by atoms with E-state index in [0.29, 0.717) is 72.8 Å². The zero-order valence-electron chi connectivity index (χ0n) is 18.3. The highest BCUT2D eigenvalue weighted by Gasteiger charge is 2.28. The summed E-state index contributed by atoms with van der Waals surface area (Å²) < 4.78 is 23.6. The van der Waals surface area contributed by atoms with Crippen LogP contribution in [0.2, 0.25) is 0 Å². The molecule has 0 bridgehead atoms. The van der Waals surface area contributed by atoms with E-state index in [4.69, 9.17) is 18.6 Å². The summed E-state index contributed by atoms with van der Waals surface area (Å²) >= 11 is 1.33. The molecule has 2 aliphatic rings. The average molecular weight is 467 g/mol. The Morgan fingerprint density at radius 3 is 2.73 bits per heavy atom. The molecule has 33 heavy (non-hydrogen) atoms. The molecule has 0 radical (unpaired) electrons. The minimum Gasteiger partial charge on any atom is -0.493 e. The second kappa shape index (κ2) is 8.81. The van der Waals surface area contributed by atoms with Crippen molar-refractivity contribution in [2.75, 3.05) is 56.4 Å². The first-order chi connectivity index (χ1) is 16.1. The number of benzene rings is 1. The van der Waals surface area contributed by atoms with Gasteiger partial charge in [-0.2, -0.15) is 0 Å². The second-order valence-electron chi connectivity index (χ2n) is 7.56. The predicted octanol–water partition coefficient (Wildman–Crippen LogP) is 3.12. The van der Waals surface area contributed by atoms with Gasteiger partial charge in [0.05, 0.1) is 32.6 Å². The molecule has 1 amide bonds. The molecule has 2 aliphatic heterocycles. The molecule has 170 valence electrons. The van der Waals surface area contributed by atoms with Crippen LogP contribution in [0.3, 0.4) is 0 Å². The molecule has 4 heterocycles. The van der Waals surface area contributed by atoms with E-state index < -0.39 is 0 Å². The van der Waals surface area contributed by atoms with Crippen LogP contribution in [-0.2, 0) is 9.53 Å². The molecule has 3 aromatic rings. The molecule has 2 aromatic heterocycles. The summed E-state index contributed by atoms with van der Waals surface area (Å²) in [5.74, 6) is 6.46. The lowest BCUT2D eigenvalue weighted by Gasteiger charge is -2.29. The quantitative estimate of drug-likeness (QED) is 0.549. The molecular weight excluding hydrogens is 444 g/mol. The summed E-state index contributed by atoms with van der Waals surface area (Å²) in [5.41, 5.74) is 2.51. The zero-order valence-corrected chi connectivity index (χ0v) is 19.1. The minimum atomic E-state index is -0.308. The molecule has 0 atom stereocenters. The van der Waals surface area contributed by atoms with Crippen LogP contribution in [0, 0.1) is 11.8 Å². The number of morpholine rings is 1. The first kappa shape index (κ1) is 21.4. The van der Waals surface area contributed by atoms with Gasteiger partial charge in [0, 0.05) is 30.1 Å². The van der Waals surface area contributed by atoms with Crippen LogP contribution in [0.5, 0.6) is 11.5 Å². The zero-order chi connectivity index (χ0) is 22.9. The fraction of sp³-hybridized carbons (Fsp3) is 0.333. The van der Waals surface area contributed by atoms with Crippen LogP contribution < -0.4 is 24.7 Å². The van der Waals surface area contributed by atoms with Gasteiger partial charge in [0.2, 0.25) is 5.43 Å². The molecule has 0 unspecified atom stereocenters. The maximum absolute atomic E-state index is 12.8. The van der Waals surface area contributed by atoms with Crippen molar-refractivity contribution in [3.63, 3.8) is 0 Å². The van der Waals surface area contributed by atoms with Gasteiger partial charge in [-0.3, -0.25) is 14.5 Å². The third-order valence-electron chi connectivity index (χ3n) is 5.65. The number of anilines is 2. The largest absolute Gasteiger partial charge is 0.493 e. The van der Waals surface area contributed by atoms with Crippen molar-refractivity contribution in [3.05, 3.63) is 33.8 Å². The Morgan fingerprint density at radius 1 is 1.15 bits per heavy atom. The van der Waals surface area contributed by atoms with Crippen molar-refractivity contribution in [3.8, 4) is 34.5 Å². The lowest BCUT2D eigenvalue weighted by Crippen LogP contribution is -2.37. The van der Waals surface area contributed by atoms with Crippen molar-refractivity contribution in [2.45, 2.75) is 6.92 Å². The summed E-state index contributed by atoms with van der Waals surface area (Å²) in [6.45, 7) is 4.85. The van der Waals surface area contributed by atoms with Crippen molar-refractivity contribution in [1.29, 1.82) is 0 Å². The molecule has 1 saturated heterocycles. The first-order valence-electron chi connectivity index (χ1n) is 10.6. The van der Waals surface area contributed by atoms with E-state index >= 15 is 0 Å². The van der Waals surface area contributed by atoms with Crippen LogP contribution in [0.25, 0.3) is 21.4 Å². The molecule has 5 rings (SSSR count). The standard InChI is InChI=1S/C24H22N2O6S/c1-3-4-20(28)26-7-10-31-23-17(26)11-15(12-19(23)29-2)16-14-33-24-18(27)13-21(32-22(16)24)25-5-8-30-9-6-25/h11-14H,5-10H2,1-2H3. The lowest BCUT2D eigenvalue weighted by atomic mass is 10.0. The SMILES string of the molecule is CC#CC(=O)N1CCOc2c(OC)cc(-c3csc4c(=O)cc(N5CCOCC5)oc34)cc21. The van der Waals surface area contributed by atoms with E-state index in [1.165, 1.54) is 11.3 Å². The number of nitrogens with zero attached hydrogens (tertiary/aromatic N) is 2. The summed E-state index contributed by atoms with van der Waals surface area (Å²) in [5, 5.41) is 1.89. The monoisotopic (exact) mass is 466 g/mol. The molecule has 1 aromatic carbocycles. The van der Waals surface area contributed by atoms with E-state index in [1.807, 2.05) is 22.4 Å². The number of fused-ring (bicyclic) bond motifs is 2. The molecule has 0 aliphatic carbocycles. The average Bonchev–Trinajstić information content (AvgIpc) is 3.28. The van der Waals surface area contributed by atoms with E-state index in [0.717, 1.165) is 11.1 Å². The Bertz CT molecular complexity index is 1340. The summed E-state index contributed by atoms with van der Waals surface area (Å²) in [6, 6.07) is 5.23. The Balaban J connectivity index is 1.66. The number of ether oxygens (including phenoxy) is 3. The second-order valence-corrected chi connectivity index (χ2v) is 8.44. The van der Waals surface area contributed by atoms with Gasteiger partial charge in [0.25, 0.3) is 0 Å². The highest BCUT2D eigenvalue weighted by molar-refractivity contribution is 7.17. The summed E-state index contributed by atoms with van der Waals surface area (Å²) in [6.07, 6.45) is 0. The number of amides is 1. The van der Waals surface area contributed by atoms with Crippen molar-refractivity contribution < 1.29 is 23.4 Å². The predicted molar refractivity (Wildman–Crippen MR) is 127 cm³/mol. The van der Waals surface area contributed by atoms with Crippen LogP contribution in [0.15, 0.2) is 32.8 Å². The highest BCUT2D eigenvalue weighted by atomic mass is 32.1. The van der Waals surface area contributed by atoms with E-state index in [-0.39, 0.29) is 11.3 Å². The van der Waals surface area contributed by atoms with Gasteiger partial charge in [0.1, 0.15) is 11.3 Å². The third-order valence-corrected chi connectivity index (χ3v) is 6.62. The Hall–Kier alpha value is -3.48. The van der Waals surface area contributed by atoms with Gasteiger partial charge in [-0.1, -0.05) is 5.92 Å². The molecule has 0 saturated carbocycles. The third kappa shape index (κ3) is 3.81. The number of methoxy groups -OCH3 is 1. The van der Waals surface area contributed by atoms with Crippen LogP contribution in [0.1, 0.15) is 6.92 Å². The summed E-state index contributed by atoms with van der Waals surface area (Å²) in [7, 11) is 1.55. The fourth-order valence-corrected chi connectivity index (χ4v) is 4.97. The Labute approximate surface area is 194 Å². The lowest BCUT2D eigenvalue weighted by molar-refractivity contribution is -0.113. The Morgan fingerprint density at radius 2 is 1.97 bits per heavy atom. The van der Waals surface area contributed by atoms with Crippen molar-refractivity contribution in [1.82, 2.24) is 0 Å². The van der Waals surface area contributed by atoms with Crippen molar-refractivity contribution in [2.24, 2.45) is 0 Å². The number of rotatable bonds is 3. The van der Waals surface area contributed by atoms with Gasteiger partial charge in [-0.15, -0.1) is 11.3 Å². The molecule has 8 nitrogen and oxygen atoms in total. The smallest absolute Gasteiger partial charge is 0.303 e. The van der Waals surface area contributed by atoms with Gasteiger partial charge in [-0.05, 0) is 30.5 Å². The van der Waals surface area contributed by atoms with Gasteiger partial charge < -0.3 is 23.5 Å². The van der Waals surface area contributed by atoms with Gasteiger partial charge >= 0.3 is 5.91 Å².